The third-order valence-electron chi connectivity index (χ3n) is 2.46. The lowest BCUT2D eigenvalue weighted by atomic mass is 10.4. The van der Waals surface area contributed by atoms with Gasteiger partial charge in [0.2, 0.25) is 5.91 Å². The van der Waals surface area contributed by atoms with Crippen molar-refractivity contribution in [3.63, 3.8) is 0 Å². The number of nitrogens with one attached hydrogen (secondary N) is 1. The van der Waals surface area contributed by atoms with Crippen molar-refractivity contribution in [1.82, 2.24) is 15.5 Å². The first-order valence-electron chi connectivity index (χ1n) is 5.69. The first kappa shape index (κ1) is 14.6. The van der Waals surface area contributed by atoms with E-state index in [9.17, 15) is 18.0 Å². The standard InChI is InChI=1S/C10H12F3N3OS2/c1-5(7(17)14-4-10(11,12)13)18-9-16-15-8(19-9)6-2-3-6/h5-6H,2-4H2,1H3,(H,14,17)/t5-/m0/s1. The van der Waals surface area contributed by atoms with Crippen LogP contribution in [0.3, 0.4) is 0 Å². The van der Waals surface area contributed by atoms with Crippen LogP contribution in [0.2, 0.25) is 0 Å². The van der Waals surface area contributed by atoms with Crippen molar-refractivity contribution >= 4 is 29.0 Å². The molecule has 1 atom stereocenters. The van der Waals surface area contributed by atoms with Crippen molar-refractivity contribution < 1.29 is 18.0 Å². The second-order valence-electron chi connectivity index (χ2n) is 4.27. The molecule has 0 saturated heterocycles. The molecule has 2 rings (SSSR count). The molecule has 106 valence electrons. The number of aromatic nitrogens is 2. The Labute approximate surface area is 116 Å². The minimum Gasteiger partial charge on any atom is -0.346 e. The molecule has 1 aromatic rings. The summed E-state index contributed by atoms with van der Waals surface area (Å²) in [4.78, 5) is 11.5. The van der Waals surface area contributed by atoms with Gasteiger partial charge in [0.15, 0.2) is 4.34 Å². The van der Waals surface area contributed by atoms with Gasteiger partial charge < -0.3 is 5.32 Å². The third kappa shape index (κ3) is 4.64. The quantitative estimate of drug-likeness (QED) is 0.849. The Morgan fingerprint density at radius 3 is 2.79 bits per heavy atom. The normalized spacial score (nSPS) is 17.3. The fourth-order valence-electron chi connectivity index (χ4n) is 1.30. The molecule has 1 saturated carbocycles. The van der Waals surface area contributed by atoms with Crippen LogP contribution >= 0.6 is 23.1 Å². The number of alkyl halides is 3. The lowest BCUT2D eigenvalue weighted by Crippen LogP contribution is -2.37. The van der Waals surface area contributed by atoms with Crippen molar-refractivity contribution in [2.75, 3.05) is 6.54 Å². The third-order valence-corrected chi connectivity index (χ3v) is 4.73. The summed E-state index contributed by atoms with van der Waals surface area (Å²) in [7, 11) is 0. The Bertz CT molecular complexity index is 459. The molecule has 0 radical (unpaired) electrons. The van der Waals surface area contributed by atoms with Crippen LogP contribution in [0.5, 0.6) is 0 Å². The smallest absolute Gasteiger partial charge is 0.346 e. The molecule has 1 aromatic heterocycles. The van der Waals surface area contributed by atoms with E-state index in [2.05, 4.69) is 10.2 Å². The average molecular weight is 311 g/mol. The summed E-state index contributed by atoms with van der Waals surface area (Å²) < 4.78 is 36.5. The molecule has 1 fully saturated rings. The topological polar surface area (TPSA) is 54.9 Å². The van der Waals surface area contributed by atoms with E-state index in [1.165, 1.54) is 11.3 Å². The van der Waals surface area contributed by atoms with Crippen LogP contribution in [0, 0.1) is 0 Å². The second kappa shape index (κ2) is 5.66. The molecule has 4 nitrogen and oxygen atoms in total. The van der Waals surface area contributed by atoms with Gasteiger partial charge in [0.25, 0.3) is 0 Å². The highest BCUT2D eigenvalue weighted by Crippen LogP contribution is 2.42. The summed E-state index contributed by atoms with van der Waals surface area (Å²) in [5, 5.41) is 10.1. The lowest BCUT2D eigenvalue weighted by molar-refractivity contribution is -0.137. The predicted molar refractivity (Wildman–Crippen MR) is 66.3 cm³/mol. The van der Waals surface area contributed by atoms with Gasteiger partial charge in [-0.05, 0) is 19.8 Å². The predicted octanol–water partition coefficient (Wildman–Crippen LogP) is 2.57. The molecule has 1 N–H and O–H groups in total. The molecule has 1 heterocycles. The van der Waals surface area contributed by atoms with Gasteiger partial charge in [-0.25, -0.2) is 0 Å². The molecule has 1 aliphatic carbocycles. The Morgan fingerprint density at radius 2 is 2.21 bits per heavy atom. The summed E-state index contributed by atoms with van der Waals surface area (Å²) >= 11 is 2.55. The van der Waals surface area contributed by atoms with Gasteiger partial charge in [0, 0.05) is 5.92 Å². The van der Waals surface area contributed by atoms with Crippen molar-refractivity contribution in [3.05, 3.63) is 5.01 Å². The van der Waals surface area contributed by atoms with E-state index in [1.807, 2.05) is 5.32 Å². The molecule has 1 aliphatic rings. The van der Waals surface area contributed by atoms with Gasteiger partial charge in [-0.2, -0.15) is 13.2 Å². The highest BCUT2D eigenvalue weighted by atomic mass is 32.2. The molecule has 1 amide bonds. The maximum absolute atomic E-state index is 12.0. The Kier molecular flexibility index (Phi) is 4.34. The summed E-state index contributed by atoms with van der Waals surface area (Å²) in [6.45, 7) is 0.245. The molecule has 0 unspecified atom stereocenters. The van der Waals surface area contributed by atoms with Gasteiger partial charge in [-0.3, -0.25) is 4.79 Å². The molecule has 19 heavy (non-hydrogen) atoms. The molecular weight excluding hydrogens is 299 g/mol. The number of carbonyl (C=O) groups is 1. The highest BCUT2D eigenvalue weighted by Gasteiger charge is 2.30. The number of nitrogens with zero attached hydrogens (tertiary/aromatic N) is 2. The average Bonchev–Trinajstić information content (AvgIpc) is 3.06. The largest absolute Gasteiger partial charge is 0.405 e. The number of rotatable bonds is 5. The number of hydrogen-bond donors (Lipinski definition) is 1. The van der Waals surface area contributed by atoms with Crippen molar-refractivity contribution in [2.24, 2.45) is 0 Å². The van der Waals surface area contributed by atoms with Gasteiger partial charge in [0.05, 0.1) is 5.25 Å². The summed E-state index contributed by atoms with van der Waals surface area (Å²) in [5.74, 6) is -0.160. The Morgan fingerprint density at radius 1 is 1.53 bits per heavy atom. The van der Waals surface area contributed by atoms with E-state index in [0.29, 0.717) is 10.3 Å². The van der Waals surface area contributed by atoms with Crippen LogP contribution in [-0.4, -0.2) is 34.1 Å². The van der Waals surface area contributed by atoms with Crippen LogP contribution in [0.1, 0.15) is 30.7 Å². The molecular formula is C10H12F3N3OS2. The van der Waals surface area contributed by atoms with Crippen molar-refractivity contribution in [2.45, 2.75) is 41.4 Å². The van der Waals surface area contributed by atoms with Crippen molar-refractivity contribution in [3.8, 4) is 0 Å². The number of thioether (sulfide) groups is 1. The van der Waals surface area contributed by atoms with Crippen LogP contribution < -0.4 is 5.32 Å². The van der Waals surface area contributed by atoms with E-state index >= 15 is 0 Å². The Hall–Kier alpha value is -0.830. The minimum atomic E-state index is -4.39. The highest BCUT2D eigenvalue weighted by molar-refractivity contribution is 8.02. The molecule has 0 bridgehead atoms. The molecule has 0 spiro atoms. The van der Waals surface area contributed by atoms with E-state index in [0.717, 1.165) is 29.6 Å². The zero-order valence-electron chi connectivity index (χ0n) is 10.0. The first-order chi connectivity index (χ1) is 8.85. The van der Waals surface area contributed by atoms with Crippen LogP contribution in [0.15, 0.2) is 4.34 Å². The summed E-state index contributed by atoms with van der Waals surface area (Å²) in [6, 6.07) is 0. The van der Waals surface area contributed by atoms with E-state index < -0.39 is 23.9 Å². The zero-order chi connectivity index (χ0) is 14.0. The number of amides is 1. The molecule has 9 heteroatoms. The molecule has 0 aliphatic heterocycles. The number of carbonyl (C=O) groups excluding carboxylic acids is 1. The SMILES string of the molecule is C[C@H](Sc1nnc(C2CC2)s1)C(=O)NCC(F)(F)F. The van der Waals surface area contributed by atoms with Crippen LogP contribution in [0.25, 0.3) is 0 Å². The fourth-order valence-corrected chi connectivity index (χ4v) is 3.51. The fraction of sp³-hybridized carbons (Fsp3) is 0.700. The van der Waals surface area contributed by atoms with Gasteiger partial charge in [0.1, 0.15) is 11.6 Å². The van der Waals surface area contributed by atoms with E-state index in [1.54, 1.807) is 6.92 Å². The minimum absolute atomic E-state index is 0.487. The Balaban J connectivity index is 1.81. The monoisotopic (exact) mass is 311 g/mol. The summed E-state index contributed by atoms with van der Waals surface area (Å²) in [6.07, 6.45) is -2.16. The second-order valence-corrected chi connectivity index (χ2v) is 6.87. The van der Waals surface area contributed by atoms with E-state index in [-0.39, 0.29) is 0 Å². The maximum Gasteiger partial charge on any atom is 0.405 e. The van der Waals surface area contributed by atoms with Crippen LogP contribution in [0.4, 0.5) is 13.2 Å². The molecule has 0 aromatic carbocycles. The lowest BCUT2D eigenvalue weighted by Gasteiger charge is -2.11. The number of halogens is 3. The van der Waals surface area contributed by atoms with E-state index in [4.69, 9.17) is 0 Å². The van der Waals surface area contributed by atoms with Gasteiger partial charge in [-0.15, -0.1) is 10.2 Å². The number of hydrogen-bond acceptors (Lipinski definition) is 5. The van der Waals surface area contributed by atoms with Gasteiger partial charge in [-0.1, -0.05) is 23.1 Å². The van der Waals surface area contributed by atoms with Crippen molar-refractivity contribution in [1.29, 1.82) is 0 Å². The summed E-state index contributed by atoms with van der Waals surface area (Å²) in [5.41, 5.74) is 0. The first-order valence-corrected chi connectivity index (χ1v) is 7.39. The van der Waals surface area contributed by atoms with Gasteiger partial charge >= 0.3 is 6.18 Å². The zero-order valence-corrected chi connectivity index (χ0v) is 11.7. The van der Waals surface area contributed by atoms with Crippen LogP contribution in [-0.2, 0) is 4.79 Å². The maximum atomic E-state index is 12.0.